The lowest BCUT2D eigenvalue weighted by molar-refractivity contribution is -0.130. The van der Waals surface area contributed by atoms with Crippen LogP contribution in [0.3, 0.4) is 0 Å². The number of carbonyl (C=O) groups is 3. The van der Waals surface area contributed by atoms with Gasteiger partial charge in [-0.15, -0.1) is 0 Å². The van der Waals surface area contributed by atoms with Crippen LogP contribution in [-0.2, 0) is 11.3 Å². The molecule has 0 saturated carbocycles. The monoisotopic (exact) mass is 384 g/mol. The van der Waals surface area contributed by atoms with E-state index in [0.29, 0.717) is 29.1 Å². The third kappa shape index (κ3) is 4.19. The van der Waals surface area contributed by atoms with Gasteiger partial charge in [0, 0.05) is 31.6 Å². The van der Waals surface area contributed by atoms with Crippen LogP contribution in [-0.4, -0.2) is 41.1 Å². The van der Waals surface area contributed by atoms with Crippen molar-refractivity contribution >= 4 is 29.3 Å². The summed E-state index contributed by atoms with van der Waals surface area (Å²) in [5.41, 5.74) is 2.78. The second kappa shape index (κ2) is 7.92. The Bertz CT molecular complexity index is 910. The van der Waals surface area contributed by atoms with Gasteiger partial charge in [0.2, 0.25) is 5.91 Å². The zero-order chi connectivity index (χ0) is 19.6. The predicted octanol–water partition coefficient (Wildman–Crippen LogP) is 3.68. The van der Waals surface area contributed by atoms with Gasteiger partial charge in [-0.3, -0.25) is 19.3 Å². The van der Waals surface area contributed by atoms with Gasteiger partial charge in [-0.05, 0) is 43.2 Å². The molecule has 0 saturated heterocycles. The number of fused-ring (bicyclic) bond motifs is 1. The second-order valence-corrected chi connectivity index (χ2v) is 7.23. The Labute approximate surface area is 163 Å². The van der Waals surface area contributed by atoms with Crippen LogP contribution < -0.4 is 0 Å². The van der Waals surface area contributed by atoms with Crippen molar-refractivity contribution < 1.29 is 14.4 Å². The molecule has 6 heteroatoms. The molecule has 0 N–H and O–H groups in total. The normalized spacial score (nSPS) is 13.1. The molecule has 1 heterocycles. The van der Waals surface area contributed by atoms with Crippen molar-refractivity contribution in [3.63, 3.8) is 0 Å². The van der Waals surface area contributed by atoms with Crippen LogP contribution in [0.4, 0.5) is 0 Å². The largest absolute Gasteiger partial charge is 0.341 e. The number of hydrogen-bond donors (Lipinski definition) is 0. The van der Waals surface area contributed by atoms with Crippen LogP contribution in [0.25, 0.3) is 0 Å². The molecule has 0 spiro atoms. The highest BCUT2D eigenvalue weighted by molar-refractivity contribution is 6.30. The summed E-state index contributed by atoms with van der Waals surface area (Å²) in [4.78, 5) is 40.0. The van der Waals surface area contributed by atoms with Crippen LogP contribution >= 0.6 is 11.6 Å². The molecule has 5 nitrogen and oxygen atoms in total. The summed E-state index contributed by atoms with van der Waals surface area (Å²) in [5, 5.41) is 0.634. The van der Waals surface area contributed by atoms with E-state index in [-0.39, 0.29) is 30.7 Å². The van der Waals surface area contributed by atoms with Crippen molar-refractivity contribution in [2.75, 3.05) is 13.6 Å². The zero-order valence-electron chi connectivity index (χ0n) is 15.4. The molecule has 0 aromatic heterocycles. The molecule has 0 bridgehead atoms. The zero-order valence-corrected chi connectivity index (χ0v) is 16.1. The first-order valence-corrected chi connectivity index (χ1v) is 9.20. The van der Waals surface area contributed by atoms with Gasteiger partial charge in [0.15, 0.2) is 0 Å². The molecule has 2 aromatic rings. The van der Waals surface area contributed by atoms with Gasteiger partial charge in [-0.2, -0.15) is 0 Å². The van der Waals surface area contributed by atoms with Gasteiger partial charge in [0.1, 0.15) is 0 Å². The Kier molecular flexibility index (Phi) is 5.61. The maximum absolute atomic E-state index is 12.4. The topological polar surface area (TPSA) is 57.7 Å². The SMILES string of the molecule is Cc1ccc2c(c1)C(=O)N(CCCC(=O)N(C)Cc1cccc(Cl)c1)C2=O. The molecule has 0 fully saturated rings. The number of imide groups is 1. The molecule has 0 radical (unpaired) electrons. The van der Waals surface area contributed by atoms with E-state index in [1.165, 1.54) is 4.90 Å². The van der Waals surface area contributed by atoms with E-state index in [1.807, 2.05) is 31.2 Å². The average Bonchev–Trinajstić information content (AvgIpc) is 2.85. The molecule has 1 aliphatic rings. The minimum absolute atomic E-state index is 0.0394. The molecule has 2 aromatic carbocycles. The first-order valence-electron chi connectivity index (χ1n) is 8.82. The van der Waals surface area contributed by atoms with E-state index in [2.05, 4.69) is 0 Å². The number of benzene rings is 2. The van der Waals surface area contributed by atoms with Crippen LogP contribution in [0.15, 0.2) is 42.5 Å². The Morgan fingerprint density at radius 3 is 2.56 bits per heavy atom. The van der Waals surface area contributed by atoms with E-state index in [4.69, 9.17) is 11.6 Å². The highest BCUT2D eigenvalue weighted by Gasteiger charge is 2.35. The summed E-state index contributed by atoms with van der Waals surface area (Å²) in [6, 6.07) is 12.6. The Hall–Kier alpha value is -2.66. The van der Waals surface area contributed by atoms with E-state index >= 15 is 0 Å². The number of carbonyl (C=O) groups excluding carboxylic acids is 3. The third-order valence-electron chi connectivity index (χ3n) is 4.63. The molecule has 3 amide bonds. The molecule has 0 atom stereocenters. The molecule has 140 valence electrons. The average molecular weight is 385 g/mol. The minimum Gasteiger partial charge on any atom is -0.341 e. The molecule has 3 rings (SSSR count). The summed E-state index contributed by atoms with van der Waals surface area (Å²) in [6.07, 6.45) is 0.701. The van der Waals surface area contributed by atoms with Crippen molar-refractivity contribution in [2.45, 2.75) is 26.3 Å². The molecule has 27 heavy (non-hydrogen) atoms. The molecular formula is C21H21ClN2O3. The first-order chi connectivity index (χ1) is 12.9. The fourth-order valence-electron chi connectivity index (χ4n) is 3.18. The molecule has 1 aliphatic heterocycles. The van der Waals surface area contributed by atoms with Gasteiger partial charge in [0.25, 0.3) is 11.8 Å². The quantitative estimate of drug-likeness (QED) is 0.714. The lowest BCUT2D eigenvalue weighted by Gasteiger charge is -2.18. The van der Waals surface area contributed by atoms with E-state index in [9.17, 15) is 14.4 Å². The fourth-order valence-corrected chi connectivity index (χ4v) is 3.40. The van der Waals surface area contributed by atoms with E-state index in [1.54, 1.807) is 30.1 Å². The number of halogens is 1. The third-order valence-corrected chi connectivity index (χ3v) is 4.87. The lowest BCUT2D eigenvalue weighted by atomic mass is 10.1. The highest BCUT2D eigenvalue weighted by Crippen LogP contribution is 2.24. The maximum Gasteiger partial charge on any atom is 0.261 e. The van der Waals surface area contributed by atoms with Crippen LogP contribution in [0.1, 0.15) is 44.7 Å². The van der Waals surface area contributed by atoms with Crippen molar-refractivity contribution in [3.8, 4) is 0 Å². The summed E-state index contributed by atoms with van der Waals surface area (Å²) >= 11 is 5.97. The van der Waals surface area contributed by atoms with Gasteiger partial charge < -0.3 is 4.90 Å². The van der Waals surface area contributed by atoms with Crippen molar-refractivity contribution in [3.05, 3.63) is 69.7 Å². The smallest absolute Gasteiger partial charge is 0.261 e. The summed E-state index contributed by atoms with van der Waals surface area (Å²) < 4.78 is 0. The number of hydrogen-bond acceptors (Lipinski definition) is 3. The standard InChI is InChI=1S/C21H21ClN2O3/c1-14-8-9-17-18(11-14)21(27)24(20(17)26)10-4-7-19(25)23(2)13-15-5-3-6-16(22)12-15/h3,5-6,8-9,11-12H,4,7,10,13H2,1-2H3. The van der Waals surface area contributed by atoms with Gasteiger partial charge in [-0.1, -0.05) is 35.4 Å². The number of nitrogens with zero attached hydrogens (tertiary/aromatic N) is 2. The van der Waals surface area contributed by atoms with Crippen molar-refractivity contribution in [1.82, 2.24) is 9.80 Å². The van der Waals surface area contributed by atoms with Crippen LogP contribution in [0, 0.1) is 6.92 Å². The number of amides is 3. The minimum atomic E-state index is -0.283. The van der Waals surface area contributed by atoms with Crippen molar-refractivity contribution in [2.24, 2.45) is 0 Å². The number of aryl methyl sites for hydroxylation is 1. The molecule has 0 unspecified atom stereocenters. The number of rotatable bonds is 6. The van der Waals surface area contributed by atoms with Crippen LogP contribution in [0.5, 0.6) is 0 Å². The Morgan fingerprint density at radius 1 is 1.07 bits per heavy atom. The molecular weight excluding hydrogens is 364 g/mol. The second-order valence-electron chi connectivity index (χ2n) is 6.79. The molecule has 0 aliphatic carbocycles. The highest BCUT2D eigenvalue weighted by atomic mass is 35.5. The lowest BCUT2D eigenvalue weighted by Crippen LogP contribution is -2.32. The van der Waals surface area contributed by atoms with Crippen molar-refractivity contribution in [1.29, 1.82) is 0 Å². The Balaban J connectivity index is 1.53. The Morgan fingerprint density at radius 2 is 1.81 bits per heavy atom. The fraction of sp³-hybridized carbons (Fsp3) is 0.286. The van der Waals surface area contributed by atoms with Gasteiger partial charge in [-0.25, -0.2) is 0 Å². The predicted molar refractivity (Wildman–Crippen MR) is 104 cm³/mol. The first kappa shape index (κ1) is 19.1. The summed E-state index contributed by atoms with van der Waals surface area (Å²) in [7, 11) is 1.73. The van der Waals surface area contributed by atoms with E-state index < -0.39 is 0 Å². The summed E-state index contributed by atoms with van der Waals surface area (Å²) in [5.74, 6) is -0.601. The van der Waals surface area contributed by atoms with Gasteiger partial charge in [0.05, 0.1) is 11.1 Å². The van der Waals surface area contributed by atoms with E-state index in [0.717, 1.165) is 11.1 Å². The maximum atomic E-state index is 12.4. The van der Waals surface area contributed by atoms with Gasteiger partial charge >= 0.3 is 0 Å². The van der Waals surface area contributed by atoms with Crippen LogP contribution in [0.2, 0.25) is 5.02 Å². The summed E-state index contributed by atoms with van der Waals surface area (Å²) in [6.45, 7) is 2.59.